The molecule has 112 valence electrons. The first-order valence-corrected chi connectivity index (χ1v) is 6.86. The standard InChI is InChI=1S/C17H22N2O2/c1-19(2)15-8-5-13(6-9-15)12-18-14-7-10-16(20-3)17(11-14)21-4/h5-11,18H,12H2,1-4H3. The molecule has 0 aliphatic rings. The summed E-state index contributed by atoms with van der Waals surface area (Å²) in [7, 11) is 7.35. The molecule has 0 saturated carbocycles. The third-order valence-electron chi connectivity index (χ3n) is 3.33. The topological polar surface area (TPSA) is 33.7 Å². The van der Waals surface area contributed by atoms with Crippen molar-refractivity contribution < 1.29 is 9.47 Å². The molecule has 0 aliphatic heterocycles. The van der Waals surface area contributed by atoms with Gasteiger partial charge >= 0.3 is 0 Å². The van der Waals surface area contributed by atoms with Crippen LogP contribution in [-0.2, 0) is 6.54 Å². The van der Waals surface area contributed by atoms with E-state index in [1.807, 2.05) is 32.3 Å². The van der Waals surface area contributed by atoms with Crippen molar-refractivity contribution in [2.24, 2.45) is 0 Å². The minimum Gasteiger partial charge on any atom is -0.493 e. The Morgan fingerprint density at radius 2 is 1.57 bits per heavy atom. The van der Waals surface area contributed by atoms with Gasteiger partial charge in [0.15, 0.2) is 11.5 Å². The van der Waals surface area contributed by atoms with E-state index in [2.05, 4.69) is 34.5 Å². The molecular weight excluding hydrogens is 264 g/mol. The van der Waals surface area contributed by atoms with E-state index in [9.17, 15) is 0 Å². The van der Waals surface area contributed by atoms with Crippen LogP contribution in [0.25, 0.3) is 0 Å². The van der Waals surface area contributed by atoms with Crippen molar-refractivity contribution in [1.82, 2.24) is 0 Å². The van der Waals surface area contributed by atoms with E-state index in [0.717, 1.165) is 23.7 Å². The first kappa shape index (κ1) is 15.0. The van der Waals surface area contributed by atoms with Gasteiger partial charge in [0.2, 0.25) is 0 Å². The lowest BCUT2D eigenvalue weighted by Crippen LogP contribution is -2.08. The van der Waals surface area contributed by atoms with Crippen molar-refractivity contribution in [3.8, 4) is 11.5 Å². The molecule has 0 radical (unpaired) electrons. The Morgan fingerprint density at radius 3 is 2.14 bits per heavy atom. The maximum atomic E-state index is 5.30. The Balaban J connectivity index is 2.02. The van der Waals surface area contributed by atoms with Crippen molar-refractivity contribution >= 4 is 11.4 Å². The van der Waals surface area contributed by atoms with Gasteiger partial charge in [-0.2, -0.15) is 0 Å². The van der Waals surface area contributed by atoms with Gasteiger partial charge in [-0.3, -0.25) is 0 Å². The van der Waals surface area contributed by atoms with Crippen LogP contribution in [0.15, 0.2) is 42.5 Å². The predicted molar refractivity (Wildman–Crippen MR) is 87.6 cm³/mol. The molecule has 1 N–H and O–H groups in total. The number of ether oxygens (including phenoxy) is 2. The maximum Gasteiger partial charge on any atom is 0.162 e. The van der Waals surface area contributed by atoms with Gasteiger partial charge in [0.25, 0.3) is 0 Å². The van der Waals surface area contributed by atoms with Crippen molar-refractivity contribution in [2.75, 3.05) is 38.5 Å². The van der Waals surface area contributed by atoms with E-state index in [0.29, 0.717) is 0 Å². The average Bonchev–Trinajstić information content (AvgIpc) is 2.52. The van der Waals surface area contributed by atoms with Crippen LogP contribution in [0.5, 0.6) is 11.5 Å². The van der Waals surface area contributed by atoms with Crippen LogP contribution >= 0.6 is 0 Å². The van der Waals surface area contributed by atoms with Gasteiger partial charge in [-0.25, -0.2) is 0 Å². The fraction of sp³-hybridized carbons (Fsp3) is 0.294. The van der Waals surface area contributed by atoms with Gasteiger partial charge in [-0.1, -0.05) is 12.1 Å². The first-order chi connectivity index (χ1) is 10.1. The smallest absolute Gasteiger partial charge is 0.162 e. The lowest BCUT2D eigenvalue weighted by atomic mass is 10.2. The Bertz CT molecular complexity index is 580. The summed E-state index contributed by atoms with van der Waals surface area (Å²) >= 11 is 0. The van der Waals surface area contributed by atoms with Crippen LogP contribution in [0.4, 0.5) is 11.4 Å². The second kappa shape index (κ2) is 6.88. The van der Waals surface area contributed by atoms with Gasteiger partial charge in [0.05, 0.1) is 14.2 Å². The lowest BCUT2D eigenvalue weighted by Gasteiger charge is -2.14. The highest BCUT2D eigenvalue weighted by Gasteiger charge is 2.04. The number of methoxy groups -OCH3 is 2. The molecule has 0 bridgehead atoms. The molecule has 0 saturated heterocycles. The SMILES string of the molecule is COc1ccc(NCc2ccc(N(C)C)cc2)cc1OC. The molecule has 4 nitrogen and oxygen atoms in total. The molecule has 21 heavy (non-hydrogen) atoms. The highest BCUT2D eigenvalue weighted by atomic mass is 16.5. The van der Waals surface area contributed by atoms with E-state index in [-0.39, 0.29) is 0 Å². The van der Waals surface area contributed by atoms with Gasteiger partial charge in [0.1, 0.15) is 0 Å². The normalized spacial score (nSPS) is 10.1. The van der Waals surface area contributed by atoms with Crippen LogP contribution in [0.1, 0.15) is 5.56 Å². The zero-order valence-electron chi connectivity index (χ0n) is 13.0. The Hall–Kier alpha value is -2.36. The van der Waals surface area contributed by atoms with Crippen LogP contribution in [0.2, 0.25) is 0 Å². The molecular formula is C17H22N2O2. The molecule has 0 amide bonds. The number of rotatable bonds is 6. The summed E-state index contributed by atoms with van der Waals surface area (Å²) < 4.78 is 10.5. The summed E-state index contributed by atoms with van der Waals surface area (Å²) in [5, 5.41) is 3.39. The maximum absolute atomic E-state index is 5.30. The quantitative estimate of drug-likeness (QED) is 0.882. The molecule has 4 heteroatoms. The number of anilines is 2. The zero-order chi connectivity index (χ0) is 15.2. The zero-order valence-corrected chi connectivity index (χ0v) is 13.0. The Kier molecular flexibility index (Phi) is 4.93. The average molecular weight is 286 g/mol. The number of hydrogen-bond acceptors (Lipinski definition) is 4. The Labute approximate surface area is 126 Å². The van der Waals surface area contributed by atoms with E-state index < -0.39 is 0 Å². The van der Waals surface area contributed by atoms with Gasteiger partial charge < -0.3 is 19.7 Å². The number of benzene rings is 2. The molecule has 0 aliphatic carbocycles. The van der Waals surface area contributed by atoms with Crippen LogP contribution in [-0.4, -0.2) is 28.3 Å². The summed E-state index contributed by atoms with van der Waals surface area (Å²) in [6.07, 6.45) is 0. The van der Waals surface area contributed by atoms with Crippen molar-refractivity contribution in [2.45, 2.75) is 6.54 Å². The summed E-state index contributed by atoms with van der Waals surface area (Å²) in [5.41, 5.74) is 3.43. The Morgan fingerprint density at radius 1 is 0.905 bits per heavy atom. The second-order valence-corrected chi connectivity index (χ2v) is 4.98. The van der Waals surface area contributed by atoms with Crippen molar-refractivity contribution in [3.63, 3.8) is 0 Å². The molecule has 0 aromatic heterocycles. The third-order valence-corrected chi connectivity index (χ3v) is 3.33. The molecule has 2 aromatic carbocycles. The largest absolute Gasteiger partial charge is 0.493 e. The second-order valence-electron chi connectivity index (χ2n) is 4.98. The summed E-state index contributed by atoms with van der Waals surface area (Å²) in [6.45, 7) is 0.767. The number of nitrogens with one attached hydrogen (secondary N) is 1. The fourth-order valence-electron chi connectivity index (χ4n) is 2.06. The van der Waals surface area contributed by atoms with Crippen LogP contribution in [0, 0.1) is 0 Å². The molecule has 0 heterocycles. The summed E-state index contributed by atoms with van der Waals surface area (Å²) in [5.74, 6) is 1.46. The molecule has 0 spiro atoms. The van der Waals surface area contributed by atoms with Gasteiger partial charge in [0, 0.05) is 38.1 Å². The van der Waals surface area contributed by atoms with E-state index >= 15 is 0 Å². The number of nitrogens with zero attached hydrogens (tertiary/aromatic N) is 1. The van der Waals surface area contributed by atoms with Crippen LogP contribution in [0.3, 0.4) is 0 Å². The fourth-order valence-corrected chi connectivity index (χ4v) is 2.06. The highest BCUT2D eigenvalue weighted by Crippen LogP contribution is 2.29. The van der Waals surface area contributed by atoms with Crippen LogP contribution < -0.4 is 19.7 Å². The van der Waals surface area contributed by atoms with Gasteiger partial charge in [-0.15, -0.1) is 0 Å². The van der Waals surface area contributed by atoms with Gasteiger partial charge in [-0.05, 0) is 29.8 Å². The highest BCUT2D eigenvalue weighted by molar-refractivity contribution is 5.55. The molecule has 0 atom stereocenters. The molecule has 2 rings (SSSR count). The van der Waals surface area contributed by atoms with E-state index in [1.54, 1.807) is 14.2 Å². The minimum absolute atomic E-state index is 0.727. The molecule has 0 fully saturated rings. The van der Waals surface area contributed by atoms with E-state index in [4.69, 9.17) is 9.47 Å². The number of hydrogen-bond donors (Lipinski definition) is 1. The van der Waals surface area contributed by atoms with E-state index in [1.165, 1.54) is 11.3 Å². The minimum atomic E-state index is 0.727. The predicted octanol–water partition coefficient (Wildman–Crippen LogP) is 3.38. The summed E-state index contributed by atoms with van der Waals surface area (Å²) in [6, 6.07) is 14.3. The molecule has 2 aromatic rings. The molecule has 0 unspecified atom stereocenters. The van der Waals surface area contributed by atoms with Crippen molar-refractivity contribution in [3.05, 3.63) is 48.0 Å². The first-order valence-electron chi connectivity index (χ1n) is 6.86. The lowest BCUT2D eigenvalue weighted by molar-refractivity contribution is 0.355. The summed E-state index contributed by atoms with van der Waals surface area (Å²) in [4.78, 5) is 2.09. The van der Waals surface area contributed by atoms with Crippen molar-refractivity contribution in [1.29, 1.82) is 0 Å². The third kappa shape index (κ3) is 3.81. The monoisotopic (exact) mass is 286 g/mol.